The maximum atomic E-state index is 13.1. The molecule has 14 nitrogen and oxygen atoms in total. The van der Waals surface area contributed by atoms with E-state index in [-0.39, 0.29) is 42.7 Å². The number of nitrogen functional groups attached to an aromatic ring is 1. The maximum Gasteiger partial charge on any atom is 0.241 e. The highest BCUT2D eigenvalue weighted by Gasteiger charge is 2.33. The normalized spacial score (nSPS) is 15.1. The number of para-hydroxylation sites is 1. The predicted molar refractivity (Wildman–Crippen MR) is 126 cm³/mol. The lowest BCUT2D eigenvalue weighted by Crippen LogP contribution is -2.42. The SMILES string of the molecule is NC[C@H](N)CNS(=O)(=O)c1ccc(-c2cccc3[nH]c(N)nc23)c(C2=NCN=N2)c1S(N)(=O)=O. The molecule has 0 unspecified atom stereocenters. The molecule has 180 valence electrons. The second-order valence-corrected chi connectivity index (χ2v) is 10.6. The van der Waals surface area contributed by atoms with Crippen LogP contribution in [0.1, 0.15) is 5.56 Å². The van der Waals surface area contributed by atoms with Crippen molar-refractivity contribution >= 4 is 42.9 Å². The second-order valence-electron chi connectivity index (χ2n) is 7.40. The molecular formula is C18H22N10O4S2. The van der Waals surface area contributed by atoms with Gasteiger partial charge in [0.2, 0.25) is 20.0 Å². The molecule has 4 rings (SSSR count). The topological polar surface area (TPSA) is 250 Å². The zero-order chi connectivity index (χ0) is 24.7. The van der Waals surface area contributed by atoms with Gasteiger partial charge in [-0.1, -0.05) is 18.2 Å². The molecule has 0 amide bonds. The van der Waals surface area contributed by atoms with Gasteiger partial charge in [-0.05, 0) is 17.7 Å². The Balaban J connectivity index is 2.05. The van der Waals surface area contributed by atoms with Crippen molar-refractivity contribution in [3.63, 3.8) is 0 Å². The molecule has 34 heavy (non-hydrogen) atoms. The molecule has 1 aromatic heterocycles. The number of sulfonamides is 2. The molecule has 0 saturated heterocycles. The zero-order valence-corrected chi connectivity index (χ0v) is 19.3. The number of fused-ring (bicyclic) bond motifs is 1. The molecule has 1 atom stereocenters. The Morgan fingerprint density at radius 2 is 1.88 bits per heavy atom. The summed E-state index contributed by atoms with van der Waals surface area (Å²) in [5.74, 6) is 0.0588. The summed E-state index contributed by atoms with van der Waals surface area (Å²) >= 11 is 0. The van der Waals surface area contributed by atoms with E-state index in [1.54, 1.807) is 18.2 Å². The van der Waals surface area contributed by atoms with Crippen LogP contribution in [-0.4, -0.2) is 58.4 Å². The largest absolute Gasteiger partial charge is 0.369 e. The quantitative estimate of drug-likeness (QED) is 0.225. The fourth-order valence-corrected chi connectivity index (χ4v) is 6.20. The van der Waals surface area contributed by atoms with Gasteiger partial charge < -0.3 is 22.2 Å². The third-order valence-electron chi connectivity index (χ3n) is 5.03. The molecule has 0 aliphatic carbocycles. The standard InChI is InChI=1S/C18H22N10O4S2/c19-6-9(20)7-25-34(31,32)13-5-4-10(11-2-1-3-12-15(11)27-18(21)26-12)14(16(13)33(22,29)30)17-23-8-24-28-17/h1-5,9,25H,6-8,19-20H2,(H3,21,26,27)(H2,22,29,30)/t9-/m0/s1. The van der Waals surface area contributed by atoms with Crippen LogP contribution < -0.4 is 27.1 Å². The average molecular weight is 507 g/mol. The van der Waals surface area contributed by atoms with Crippen LogP contribution in [0, 0.1) is 0 Å². The van der Waals surface area contributed by atoms with E-state index in [4.69, 9.17) is 22.3 Å². The second kappa shape index (κ2) is 8.82. The van der Waals surface area contributed by atoms with Crippen LogP contribution in [0.5, 0.6) is 0 Å². The van der Waals surface area contributed by atoms with Gasteiger partial charge in [-0.3, -0.25) is 0 Å². The summed E-state index contributed by atoms with van der Waals surface area (Å²) in [6, 6.07) is 7.00. The molecule has 0 bridgehead atoms. The number of aliphatic imine (C=N–C) groups is 1. The van der Waals surface area contributed by atoms with E-state index in [0.717, 1.165) is 6.07 Å². The van der Waals surface area contributed by atoms with Crippen LogP contribution in [-0.2, 0) is 20.0 Å². The van der Waals surface area contributed by atoms with Crippen molar-refractivity contribution in [1.82, 2.24) is 14.7 Å². The van der Waals surface area contributed by atoms with Crippen molar-refractivity contribution in [3.8, 4) is 11.1 Å². The number of nitrogens with two attached hydrogens (primary N) is 4. The molecule has 1 aliphatic rings. The van der Waals surface area contributed by atoms with Crippen molar-refractivity contribution in [2.75, 3.05) is 25.5 Å². The number of benzene rings is 2. The number of aromatic amines is 1. The lowest BCUT2D eigenvalue weighted by Gasteiger charge is -2.18. The first-order valence-electron chi connectivity index (χ1n) is 9.85. The maximum absolute atomic E-state index is 13.1. The minimum Gasteiger partial charge on any atom is -0.369 e. The Morgan fingerprint density at radius 3 is 2.53 bits per heavy atom. The predicted octanol–water partition coefficient (Wildman–Crippen LogP) is -0.806. The Morgan fingerprint density at radius 1 is 1.12 bits per heavy atom. The number of nitrogens with one attached hydrogen (secondary N) is 2. The molecule has 16 heteroatoms. The monoisotopic (exact) mass is 506 g/mol. The molecule has 10 N–H and O–H groups in total. The number of nitrogens with zero attached hydrogens (tertiary/aromatic N) is 4. The van der Waals surface area contributed by atoms with Crippen LogP contribution in [0.15, 0.2) is 55.3 Å². The third kappa shape index (κ3) is 4.41. The molecule has 2 aromatic carbocycles. The van der Waals surface area contributed by atoms with Crippen molar-refractivity contribution in [2.24, 2.45) is 31.8 Å². The average Bonchev–Trinajstić information content (AvgIpc) is 3.44. The number of aromatic nitrogens is 2. The van der Waals surface area contributed by atoms with Crippen molar-refractivity contribution < 1.29 is 16.8 Å². The van der Waals surface area contributed by atoms with Gasteiger partial charge >= 0.3 is 0 Å². The Bertz CT molecular complexity index is 1540. The molecule has 2 heterocycles. The first kappa shape index (κ1) is 23.9. The minimum absolute atomic E-state index is 0.0166. The summed E-state index contributed by atoms with van der Waals surface area (Å²) in [5.41, 5.74) is 18.6. The van der Waals surface area contributed by atoms with E-state index < -0.39 is 35.9 Å². The molecule has 1 aliphatic heterocycles. The molecule has 0 spiro atoms. The fraction of sp³-hybridized carbons (Fsp3) is 0.222. The van der Waals surface area contributed by atoms with Crippen LogP contribution >= 0.6 is 0 Å². The van der Waals surface area contributed by atoms with Gasteiger partial charge in [0.25, 0.3) is 0 Å². The van der Waals surface area contributed by atoms with E-state index >= 15 is 0 Å². The number of imidazole rings is 1. The van der Waals surface area contributed by atoms with Crippen molar-refractivity contribution in [2.45, 2.75) is 15.8 Å². The number of hydrogen-bond donors (Lipinski definition) is 6. The number of azo groups is 1. The number of primary sulfonamides is 1. The van der Waals surface area contributed by atoms with E-state index in [1.165, 1.54) is 6.07 Å². The Kier molecular flexibility index (Phi) is 6.19. The van der Waals surface area contributed by atoms with Crippen LogP contribution in [0.3, 0.4) is 0 Å². The van der Waals surface area contributed by atoms with Gasteiger partial charge in [0.15, 0.2) is 18.5 Å². The third-order valence-corrected chi connectivity index (χ3v) is 7.62. The number of anilines is 1. The summed E-state index contributed by atoms with van der Waals surface area (Å²) in [6.07, 6.45) is 0. The summed E-state index contributed by atoms with van der Waals surface area (Å²) < 4.78 is 54.0. The molecule has 0 fully saturated rings. The van der Waals surface area contributed by atoms with Gasteiger partial charge in [0.1, 0.15) is 9.79 Å². The van der Waals surface area contributed by atoms with Gasteiger partial charge in [-0.15, -0.1) is 5.11 Å². The van der Waals surface area contributed by atoms with Gasteiger partial charge in [0, 0.05) is 24.7 Å². The van der Waals surface area contributed by atoms with E-state index in [1.807, 2.05) is 0 Å². The van der Waals surface area contributed by atoms with E-state index in [0.29, 0.717) is 16.6 Å². The smallest absolute Gasteiger partial charge is 0.241 e. The van der Waals surface area contributed by atoms with E-state index in [9.17, 15) is 16.8 Å². The summed E-state index contributed by atoms with van der Waals surface area (Å²) in [7, 11) is -9.00. The van der Waals surface area contributed by atoms with Crippen LogP contribution in [0.25, 0.3) is 22.2 Å². The molecular weight excluding hydrogens is 484 g/mol. The zero-order valence-electron chi connectivity index (χ0n) is 17.6. The van der Waals surface area contributed by atoms with Gasteiger partial charge in [-0.2, -0.15) is 5.11 Å². The lowest BCUT2D eigenvalue weighted by atomic mass is 9.97. The Labute approximate surface area is 194 Å². The van der Waals surface area contributed by atoms with E-state index in [2.05, 4.69) is 29.9 Å². The minimum atomic E-state index is -4.62. The molecule has 3 aromatic rings. The van der Waals surface area contributed by atoms with Crippen LogP contribution in [0.2, 0.25) is 0 Å². The Hall–Kier alpha value is -3.28. The fourth-order valence-electron chi connectivity index (χ4n) is 3.51. The van der Waals surface area contributed by atoms with Crippen molar-refractivity contribution in [3.05, 3.63) is 35.9 Å². The molecule has 0 radical (unpaired) electrons. The summed E-state index contributed by atoms with van der Waals surface area (Å²) in [5, 5.41) is 13.2. The van der Waals surface area contributed by atoms with Gasteiger partial charge in [-0.25, -0.2) is 36.7 Å². The molecule has 0 saturated carbocycles. The first-order valence-corrected chi connectivity index (χ1v) is 12.9. The van der Waals surface area contributed by atoms with Crippen molar-refractivity contribution in [1.29, 1.82) is 0 Å². The lowest BCUT2D eigenvalue weighted by molar-refractivity contribution is 0.563. The first-order chi connectivity index (χ1) is 16.0. The summed E-state index contributed by atoms with van der Waals surface area (Å²) in [4.78, 5) is 10.0. The highest BCUT2D eigenvalue weighted by Crippen LogP contribution is 2.37. The number of rotatable bonds is 8. The number of amidine groups is 1. The van der Waals surface area contributed by atoms with Gasteiger partial charge in [0.05, 0.1) is 16.6 Å². The van der Waals surface area contributed by atoms with Crippen LogP contribution in [0.4, 0.5) is 5.95 Å². The number of H-pyrrole nitrogens is 1. The highest BCUT2D eigenvalue weighted by atomic mass is 32.2. The highest BCUT2D eigenvalue weighted by molar-refractivity contribution is 7.92. The number of hydrogen-bond acceptors (Lipinski definition) is 11. The summed E-state index contributed by atoms with van der Waals surface area (Å²) in [6.45, 7) is -0.256.